The van der Waals surface area contributed by atoms with Crippen molar-refractivity contribution >= 4 is 11.8 Å². The summed E-state index contributed by atoms with van der Waals surface area (Å²) in [5.74, 6) is 0.902. The van der Waals surface area contributed by atoms with Gasteiger partial charge in [-0.25, -0.2) is 0 Å². The van der Waals surface area contributed by atoms with E-state index >= 15 is 0 Å². The van der Waals surface area contributed by atoms with E-state index in [1.165, 1.54) is 0 Å². The van der Waals surface area contributed by atoms with Crippen LogP contribution in [0, 0.1) is 17.8 Å². The molecular weight excluding hydrogens is 216 g/mol. The highest BCUT2D eigenvalue weighted by molar-refractivity contribution is 5.84. The molecule has 1 aliphatic carbocycles. The van der Waals surface area contributed by atoms with Crippen molar-refractivity contribution in [1.82, 2.24) is 0 Å². The third-order valence-corrected chi connectivity index (χ3v) is 3.84. The molecule has 17 heavy (non-hydrogen) atoms. The molecule has 0 amide bonds. The first-order chi connectivity index (χ1) is 8.06. The number of hydrogen-bond acceptors (Lipinski definition) is 3. The highest BCUT2D eigenvalue weighted by atomic mass is 16.5. The Bertz CT molecular complexity index is 273. The van der Waals surface area contributed by atoms with E-state index in [0.717, 1.165) is 19.3 Å². The molecule has 0 spiro atoms. The standard InChI is InChI=1S/C14H24O3/c1-4-9-17-13(15)8-7-12-6-5-10(2)11(3)14(12)16/h10-12H,4-9H2,1-3H3. The Balaban J connectivity index is 2.32. The number of esters is 1. The zero-order valence-corrected chi connectivity index (χ0v) is 11.2. The SMILES string of the molecule is CCCOC(=O)CCC1CCC(C)C(C)C1=O. The van der Waals surface area contributed by atoms with Gasteiger partial charge in [0.25, 0.3) is 0 Å². The molecule has 0 aromatic carbocycles. The summed E-state index contributed by atoms with van der Waals surface area (Å²) < 4.78 is 5.02. The molecule has 3 unspecified atom stereocenters. The molecule has 0 bridgehead atoms. The second-order valence-corrected chi connectivity index (χ2v) is 5.20. The van der Waals surface area contributed by atoms with Gasteiger partial charge in [-0.15, -0.1) is 0 Å². The summed E-state index contributed by atoms with van der Waals surface area (Å²) in [4.78, 5) is 23.4. The fourth-order valence-electron chi connectivity index (χ4n) is 2.38. The lowest BCUT2D eigenvalue weighted by Gasteiger charge is -2.30. The third kappa shape index (κ3) is 4.14. The fourth-order valence-corrected chi connectivity index (χ4v) is 2.38. The Morgan fingerprint density at radius 3 is 2.71 bits per heavy atom. The Kier molecular flexibility index (Phi) is 5.66. The zero-order valence-electron chi connectivity index (χ0n) is 11.2. The Hall–Kier alpha value is -0.860. The van der Waals surface area contributed by atoms with Gasteiger partial charge in [-0.05, 0) is 31.6 Å². The van der Waals surface area contributed by atoms with Gasteiger partial charge in [-0.2, -0.15) is 0 Å². The summed E-state index contributed by atoms with van der Waals surface area (Å²) in [6, 6.07) is 0. The van der Waals surface area contributed by atoms with Gasteiger partial charge < -0.3 is 4.74 Å². The van der Waals surface area contributed by atoms with Gasteiger partial charge in [-0.1, -0.05) is 20.8 Å². The number of hydrogen-bond donors (Lipinski definition) is 0. The highest BCUT2D eigenvalue weighted by Gasteiger charge is 2.32. The van der Waals surface area contributed by atoms with Gasteiger partial charge in [0.2, 0.25) is 0 Å². The normalized spacial score (nSPS) is 29.1. The van der Waals surface area contributed by atoms with Crippen molar-refractivity contribution in [2.45, 2.75) is 52.9 Å². The molecule has 1 saturated carbocycles. The summed E-state index contributed by atoms with van der Waals surface area (Å²) in [5.41, 5.74) is 0. The van der Waals surface area contributed by atoms with Crippen LogP contribution in [0.3, 0.4) is 0 Å². The minimum absolute atomic E-state index is 0.0791. The predicted octanol–water partition coefficient (Wildman–Crippen LogP) is 2.97. The number of rotatable bonds is 5. The molecule has 3 heteroatoms. The fraction of sp³-hybridized carbons (Fsp3) is 0.857. The molecule has 0 aliphatic heterocycles. The molecule has 0 aromatic rings. The number of ether oxygens (including phenoxy) is 1. The summed E-state index contributed by atoms with van der Waals surface area (Å²) >= 11 is 0. The van der Waals surface area contributed by atoms with E-state index in [0.29, 0.717) is 31.1 Å². The highest BCUT2D eigenvalue weighted by Crippen LogP contribution is 2.32. The Morgan fingerprint density at radius 2 is 2.06 bits per heavy atom. The van der Waals surface area contributed by atoms with Gasteiger partial charge in [0.05, 0.1) is 6.61 Å². The largest absolute Gasteiger partial charge is 0.466 e. The van der Waals surface area contributed by atoms with Crippen LogP contribution in [-0.4, -0.2) is 18.4 Å². The summed E-state index contributed by atoms with van der Waals surface area (Å²) in [6.07, 6.45) is 3.94. The molecule has 3 atom stereocenters. The van der Waals surface area contributed by atoms with Crippen LogP contribution in [0.2, 0.25) is 0 Å². The quantitative estimate of drug-likeness (QED) is 0.694. The maximum absolute atomic E-state index is 12.0. The number of carbonyl (C=O) groups is 2. The van der Waals surface area contributed by atoms with Crippen LogP contribution in [-0.2, 0) is 14.3 Å². The van der Waals surface area contributed by atoms with Crippen molar-refractivity contribution in [1.29, 1.82) is 0 Å². The van der Waals surface area contributed by atoms with Gasteiger partial charge in [0, 0.05) is 18.3 Å². The van der Waals surface area contributed by atoms with Gasteiger partial charge in [0.15, 0.2) is 0 Å². The van der Waals surface area contributed by atoms with Gasteiger partial charge in [-0.3, -0.25) is 9.59 Å². The van der Waals surface area contributed by atoms with E-state index < -0.39 is 0 Å². The third-order valence-electron chi connectivity index (χ3n) is 3.84. The summed E-state index contributed by atoms with van der Waals surface area (Å²) in [7, 11) is 0. The molecule has 0 aromatic heterocycles. The van der Waals surface area contributed by atoms with E-state index in [1.54, 1.807) is 0 Å². The Labute approximate surface area is 104 Å². The van der Waals surface area contributed by atoms with Crippen molar-refractivity contribution in [3.63, 3.8) is 0 Å². The van der Waals surface area contributed by atoms with Crippen LogP contribution in [0.25, 0.3) is 0 Å². The number of ketones is 1. The lowest BCUT2D eigenvalue weighted by atomic mass is 9.73. The predicted molar refractivity (Wildman–Crippen MR) is 66.5 cm³/mol. The van der Waals surface area contributed by atoms with Crippen LogP contribution in [0.4, 0.5) is 0 Å². The molecule has 0 saturated heterocycles. The minimum atomic E-state index is -0.161. The molecule has 1 fully saturated rings. The van der Waals surface area contributed by atoms with Crippen molar-refractivity contribution in [2.75, 3.05) is 6.61 Å². The van der Waals surface area contributed by atoms with E-state index in [4.69, 9.17) is 4.74 Å². The van der Waals surface area contributed by atoms with Crippen LogP contribution in [0.1, 0.15) is 52.9 Å². The van der Waals surface area contributed by atoms with Gasteiger partial charge in [0.1, 0.15) is 5.78 Å². The van der Waals surface area contributed by atoms with Crippen molar-refractivity contribution < 1.29 is 14.3 Å². The average molecular weight is 240 g/mol. The van der Waals surface area contributed by atoms with Crippen molar-refractivity contribution in [3.8, 4) is 0 Å². The van der Waals surface area contributed by atoms with E-state index in [9.17, 15) is 9.59 Å². The average Bonchev–Trinajstić information content (AvgIpc) is 2.32. The molecule has 1 aliphatic rings. The smallest absolute Gasteiger partial charge is 0.305 e. The van der Waals surface area contributed by atoms with Gasteiger partial charge >= 0.3 is 5.97 Å². The molecule has 3 nitrogen and oxygen atoms in total. The zero-order chi connectivity index (χ0) is 12.8. The second kappa shape index (κ2) is 6.77. The molecule has 1 rings (SSSR count). The monoisotopic (exact) mass is 240 g/mol. The maximum atomic E-state index is 12.0. The maximum Gasteiger partial charge on any atom is 0.305 e. The first kappa shape index (κ1) is 14.2. The number of carbonyl (C=O) groups excluding carboxylic acids is 2. The molecule has 0 N–H and O–H groups in total. The van der Waals surface area contributed by atoms with Crippen LogP contribution >= 0.6 is 0 Å². The van der Waals surface area contributed by atoms with Crippen molar-refractivity contribution in [3.05, 3.63) is 0 Å². The lowest BCUT2D eigenvalue weighted by Crippen LogP contribution is -2.32. The minimum Gasteiger partial charge on any atom is -0.466 e. The first-order valence-corrected chi connectivity index (χ1v) is 6.75. The van der Waals surface area contributed by atoms with Crippen LogP contribution in [0.15, 0.2) is 0 Å². The summed E-state index contributed by atoms with van der Waals surface area (Å²) in [5, 5.41) is 0. The molecular formula is C14H24O3. The van der Waals surface area contributed by atoms with E-state index in [-0.39, 0.29) is 17.8 Å². The number of Topliss-reactive ketones (excluding diaryl/α,β-unsaturated/α-hetero) is 1. The molecule has 0 radical (unpaired) electrons. The lowest BCUT2D eigenvalue weighted by molar-refractivity contribution is -0.144. The van der Waals surface area contributed by atoms with Crippen molar-refractivity contribution in [2.24, 2.45) is 17.8 Å². The van der Waals surface area contributed by atoms with E-state index in [1.807, 2.05) is 13.8 Å². The molecule has 0 heterocycles. The molecule has 98 valence electrons. The summed E-state index contributed by atoms with van der Waals surface area (Å²) in [6.45, 7) is 6.61. The Morgan fingerprint density at radius 1 is 1.35 bits per heavy atom. The topological polar surface area (TPSA) is 43.4 Å². The first-order valence-electron chi connectivity index (χ1n) is 6.75. The second-order valence-electron chi connectivity index (χ2n) is 5.20. The van der Waals surface area contributed by atoms with Crippen LogP contribution < -0.4 is 0 Å². The van der Waals surface area contributed by atoms with Crippen LogP contribution in [0.5, 0.6) is 0 Å². The van der Waals surface area contributed by atoms with E-state index in [2.05, 4.69) is 6.92 Å².